The maximum atomic E-state index is 10.2. The molecule has 0 heterocycles. The molecule has 4 heteroatoms. The van der Waals surface area contributed by atoms with Crippen LogP contribution in [0.2, 0.25) is 0 Å². The van der Waals surface area contributed by atoms with E-state index in [0.29, 0.717) is 6.54 Å². The van der Waals surface area contributed by atoms with Crippen molar-refractivity contribution in [3.8, 4) is 0 Å². The molecule has 46 valence electrons. The zero-order valence-corrected chi connectivity index (χ0v) is 4.42. The number of amides is 1. The van der Waals surface area contributed by atoms with E-state index in [-0.39, 0.29) is 5.91 Å². The van der Waals surface area contributed by atoms with Gasteiger partial charge in [0.1, 0.15) is 0 Å². The highest BCUT2D eigenvalue weighted by molar-refractivity contribution is 5.86. The number of carbonyl (C=O) groups excluding carboxylic acids is 1. The Kier molecular flexibility index (Phi) is 3.83. The van der Waals surface area contributed by atoms with Gasteiger partial charge in [-0.25, -0.2) is 5.84 Å². The van der Waals surface area contributed by atoms with Crippen LogP contribution in [0.15, 0.2) is 12.2 Å². The molecule has 0 rings (SSSR count). The van der Waals surface area contributed by atoms with Crippen molar-refractivity contribution in [2.75, 3.05) is 6.54 Å². The van der Waals surface area contributed by atoms with Gasteiger partial charge in [0.15, 0.2) is 0 Å². The summed E-state index contributed by atoms with van der Waals surface area (Å²) in [6.07, 6.45) is 2.79. The Morgan fingerprint density at radius 1 is 1.75 bits per heavy atom. The molecule has 0 fully saturated rings. The third-order valence-electron chi connectivity index (χ3n) is 0.548. The Hall–Kier alpha value is -0.870. The van der Waals surface area contributed by atoms with Crippen molar-refractivity contribution in [1.29, 1.82) is 0 Å². The molecule has 0 aromatic carbocycles. The molecule has 0 saturated heterocycles. The van der Waals surface area contributed by atoms with Gasteiger partial charge in [-0.15, -0.1) is 0 Å². The third kappa shape index (κ3) is 3.32. The predicted molar refractivity (Wildman–Crippen MR) is 30.5 cm³/mol. The smallest absolute Gasteiger partial charge is 0.257 e. The number of rotatable bonds is 2. The summed E-state index contributed by atoms with van der Waals surface area (Å²) in [7, 11) is 0. The summed E-state index contributed by atoms with van der Waals surface area (Å²) in [5.74, 6) is 4.38. The van der Waals surface area contributed by atoms with Gasteiger partial charge in [-0.3, -0.25) is 10.2 Å². The van der Waals surface area contributed by atoms with Gasteiger partial charge in [0.2, 0.25) is 0 Å². The van der Waals surface area contributed by atoms with Crippen molar-refractivity contribution in [3.63, 3.8) is 0 Å². The minimum Gasteiger partial charge on any atom is -0.327 e. The van der Waals surface area contributed by atoms with E-state index >= 15 is 0 Å². The van der Waals surface area contributed by atoms with Crippen LogP contribution < -0.4 is 17.0 Å². The first-order valence-corrected chi connectivity index (χ1v) is 2.18. The van der Waals surface area contributed by atoms with Crippen LogP contribution in [0.5, 0.6) is 0 Å². The molecule has 0 aliphatic rings. The monoisotopic (exact) mass is 115 g/mol. The van der Waals surface area contributed by atoms with Crippen molar-refractivity contribution >= 4 is 5.91 Å². The second-order valence-electron chi connectivity index (χ2n) is 1.15. The van der Waals surface area contributed by atoms with E-state index in [4.69, 9.17) is 11.6 Å². The molecule has 0 aromatic rings. The fraction of sp³-hybridized carbons (Fsp3) is 0.250. The molecule has 0 aromatic heterocycles. The Morgan fingerprint density at radius 2 is 2.38 bits per heavy atom. The van der Waals surface area contributed by atoms with Gasteiger partial charge in [0.25, 0.3) is 5.91 Å². The van der Waals surface area contributed by atoms with Crippen LogP contribution in [0, 0.1) is 0 Å². The van der Waals surface area contributed by atoms with E-state index in [1.54, 1.807) is 0 Å². The van der Waals surface area contributed by atoms with Gasteiger partial charge in [0, 0.05) is 12.6 Å². The van der Waals surface area contributed by atoms with E-state index in [1.807, 2.05) is 5.43 Å². The van der Waals surface area contributed by atoms with Crippen LogP contribution in [0.3, 0.4) is 0 Å². The average molecular weight is 115 g/mol. The van der Waals surface area contributed by atoms with E-state index in [1.165, 1.54) is 12.2 Å². The zero-order valence-electron chi connectivity index (χ0n) is 4.42. The first-order chi connectivity index (χ1) is 3.81. The molecule has 0 radical (unpaired) electrons. The number of hydrogen-bond acceptors (Lipinski definition) is 3. The zero-order chi connectivity index (χ0) is 6.41. The van der Waals surface area contributed by atoms with Crippen LogP contribution in [0.1, 0.15) is 0 Å². The quantitative estimate of drug-likeness (QED) is 0.177. The third-order valence-corrected chi connectivity index (χ3v) is 0.548. The number of nitrogens with one attached hydrogen (secondary N) is 1. The van der Waals surface area contributed by atoms with E-state index in [9.17, 15) is 4.79 Å². The van der Waals surface area contributed by atoms with Crippen molar-refractivity contribution < 1.29 is 4.79 Å². The molecular weight excluding hydrogens is 106 g/mol. The lowest BCUT2D eigenvalue weighted by atomic mass is 10.5. The van der Waals surface area contributed by atoms with E-state index < -0.39 is 0 Å². The van der Waals surface area contributed by atoms with Gasteiger partial charge < -0.3 is 5.73 Å². The van der Waals surface area contributed by atoms with Crippen LogP contribution in [0.4, 0.5) is 0 Å². The first kappa shape index (κ1) is 7.13. The summed E-state index contributed by atoms with van der Waals surface area (Å²) in [6, 6.07) is 0. The van der Waals surface area contributed by atoms with Gasteiger partial charge in [0.05, 0.1) is 0 Å². The summed E-state index contributed by atoms with van der Waals surface area (Å²) >= 11 is 0. The lowest BCUT2D eigenvalue weighted by Gasteiger charge is -1.86. The Labute approximate surface area is 47.5 Å². The average Bonchev–Trinajstić information content (AvgIpc) is 1.83. The Balaban J connectivity index is 3.37. The van der Waals surface area contributed by atoms with Crippen LogP contribution >= 0.6 is 0 Å². The molecule has 0 unspecified atom stereocenters. The number of hydrazine groups is 1. The number of nitrogens with two attached hydrogens (primary N) is 2. The molecule has 1 amide bonds. The molecular formula is C4H9N3O. The molecule has 0 atom stereocenters. The number of hydrogen-bond donors (Lipinski definition) is 3. The highest BCUT2D eigenvalue weighted by atomic mass is 16.2. The largest absolute Gasteiger partial charge is 0.327 e. The molecule has 0 bridgehead atoms. The minimum atomic E-state index is -0.338. The summed E-state index contributed by atoms with van der Waals surface area (Å²) in [5, 5.41) is 0. The standard InChI is InChI=1S/C4H9N3O/c5-3-1-2-4(8)7-6/h1-2H,3,5-6H2,(H,7,8)/b2-1+. The van der Waals surface area contributed by atoms with Crippen LogP contribution in [-0.4, -0.2) is 12.5 Å². The second-order valence-corrected chi connectivity index (χ2v) is 1.15. The molecule has 4 nitrogen and oxygen atoms in total. The predicted octanol–water partition coefficient (Wildman–Crippen LogP) is -1.51. The van der Waals surface area contributed by atoms with E-state index in [2.05, 4.69) is 0 Å². The minimum absolute atomic E-state index is 0.338. The second kappa shape index (κ2) is 4.29. The molecule has 0 saturated carbocycles. The fourth-order valence-corrected chi connectivity index (χ4v) is 0.223. The highest BCUT2D eigenvalue weighted by Crippen LogP contribution is 1.65. The Bertz CT molecular complexity index is 99.5. The molecule has 0 spiro atoms. The molecule has 0 aliphatic carbocycles. The van der Waals surface area contributed by atoms with Gasteiger partial charge in [-0.05, 0) is 0 Å². The van der Waals surface area contributed by atoms with Crippen molar-refractivity contribution in [1.82, 2.24) is 5.43 Å². The first-order valence-electron chi connectivity index (χ1n) is 2.18. The lowest BCUT2D eigenvalue weighted by molar-refractivity contribution is -0.116. The summed E-state index contributed by atoms with van der Waals surface area (Å²) < 4.78 is 0. The van der Waals surface area contributed by atoms with Crippen molar-refractivity contribution in [3.05, 3.63) is 12.2 Å². The fourth-order valence-electron chi connectivity index (χ4n) is 0.223. The summed E-state index contributed by atoms with van der Waals surface area (Å²) in [4.78, 5) is 10.2. The maximum absolute atomic E-state index is 10.2. The molecule has 5 N–H and O–H groups in total. The molecule has 8 heavy (non-hydrogen) atoms. The van der Waals surface area contributed by atoms with Crippen LogP contribution in [-0.2, 0) is 4.79 Å². The molecule has 0 aliphatic heterocycles. The van der Waals surface area contributed by atoms with Gasteiger partial charge in [-0.1, -0.05) is 6.08 Å². The Morgan fingerprint density at radius 3 is 2.75 bits per heavy atom. The van der Waals surface area contributed by atoms with Gasteiger partial charge in [-0.2, -0.15) is 0 Å². The normalized spacial score (nSPS) is 9.75. The van der Waals surface area contributed by atoms with Gasteiger partial charge >= 0.3 is 0 Å². The highest BCUT2D eigenvalue weighted by Gasteiger charge is 1.83. The topological polar surface area (TPSA) is 81.1 Å². The van der Waals surface area contributed by atoms with Crippen molar-refractivity contribution in [2.24, 2.45) is 11.6 Å². The number of carbonyl (C=O) groups is 1. The maximum Gasteiger partial charge on any atom is 0.257 e. The van der Waals surface area contributed by atoms with E-state index in [0.717, 1.165) is 0 Å². The summed E-state index contributed by atoms with van der Waals surface area (Å²) in [6.45, 7) is 0.355. The van der Waals surface area contributed by atoms with Crippen LogP contribution in [0.25, 0.3) is 0 Å². The summed E-state index contributed by atoms with van der Waals surface area (Å²) in [5.41, 5.74) is 6.94. The van der Waals surface area contributed by atoms with Crippen molar-refractivity contribution in [2.45, 2.75) is 0 Å². The lowest BCUT2D eigenvalue weighted by Crippen LogP contribution is -2.28. The SMILES string of the molecule is NC/C=C/C(=O)NN.